The van der Waals surface area contributed by atoms with Gasteiger partial charge in [0.05, 0.1) is 23.8 Å². The molecule has 0 bridgehead atoms. The van der Waals surface area contributed by atoms with Crippen molar-refractivity contribution in [3.05, 3.63) is 83.9 Å². The summed E-state index contributed by atoms with van der Waals surface area (Å²) < 4.78 is 3.50. The van der Waals surface area contributed by atoms with Crippen LogP contribution in [0.15, 0.2) is 67.3 Å². The number of aromatic nitrogens is 5. The van der Waals surface area contributed by atoms with Crippen LogP contribution in [-0.4, -0.2) is 35.5 Å². The van der Waals surface area contributed by atoms with Gasteiger partial charge in [-0.1, -0.05) is 30.3 Å². The number of anilines is 2. The van der Waals surface area contributed by atoms with Crippen molar-refractivity contribution < 1.29 is 9.90 Å². The highest BCUT2D eigenvalue weighted by Gasteiger charge is 2.17. The fourth-order valence-electron chi connectivity index (χ4n) is 3.65. The molecule has 0 unspecified atom stereocenters. The monoisotopic (exact) mass is 398 g/mol. The van der Waals surface area contributed by atoms with Crippen molar-refractivity contribution in [1.29, 1.82) is 0 Å². The largest absolute Gasteiger partial charge is 0.478 e. The third-order valence-corrected chi connectivity index (χ3v) is 5.14. The van der Waals surface area contributed by atoms with Crippen LogP contribution in [0.3, 0.4) is 0 Å². The lowest BCUT2D eigenvalue weighted by Gasteiger charge is -2.09. The number of rotatable bonds is 5. The van der Waals surface area contributed by atoms with E-state index in [1.165, 1.54) is 22.6 Å². The van der Waals surface area contributed by atoms with E-state index >= 15 is 0 Å². The molecule has 8 nitrogen and oxygen atoms in total. The Bertz CT molecular complexity index is 1390. The van der Waals surface area contributed by atoms with Gasteiger partial charge in [0.25, 0.3) is 0 Å². The normalized spacial score (nSPS) is 11.2. The van der Waals surface area contributed by atoms with Gasteiger partial charge in [0.15, 0.2) is 5.82 Å². The van der Waals surface area contributed by atoms with Gasteiger partial charge in [0.2, 0.25) is 0 Å². The van der Waals surface area contributed by atoms with Crippen molar-refractivity contribution in [2.75, 3.05) is 5.32 Å². The molecule has 30 heavy (non-hydrogen) atoms. The van der Waals surface area contributed by atoms with Crippen LogP contribution in [0.2, 0.25) is 0 Å². The molecule has 0 radical (unpaired) electrons. The average molecular weight is 398 g/mol. The molecular weight excluding hydrogens is 380 g/mol. The fraction of sp³-hybridized carbons (Fsp3) is 0.0909. The molecule has 0 fully saturated rings. The van der Waals surface area contributed by atoms with Crippen LogP contribution in [0.4, 0.5) is 11.5 Å². The number of carboxylic acid groups (broad SMARTS) is 1. The van der Waals surface area contributed by atoms with Crippen molar-refractivity contribution in [3.8, 4) is 0 Å². The lowest BCUT2D eigenvalue weighted by atomic mass is 10.2. The van der Waals surface area contributed by atoms with Crippen LogP contribution in [0, 0.1) is 6.92 Å². The van der Waals surface area contributed by atoms with E-state index in [4.69, 9.17) is 0 Å². The molecule has 0 amide bonds. The minimum Gasteiger partial charge on any atom is -0.478 e. The molecule has 2 N–H and O–H groups in total. The van der Waals surface area contributed by atoms with Gasteiger partial charge in [-0.2, -0.15) is 10.2 Å². The first-order valence-corrected chi connectivity index (χ1v) is 9.43. The molecule has 2 aromatic carbocycles. The molecule has 3 heterocycles. The van der Waals surface area contributed by atoms with E-state index in [-0.39, 0.29) is 5.56 Å². The first-order valence-electron chi connectivity index (χ1n) is 9.43. The number of carbonyl (C=O) groups is 1. The van der Waals surface area contributed by atoms with Crippen molar-refractivity contribution in [2.45, 2.75) is 13.5 Å². The number of hydrogen-bond acceptors (Lipinski definition) is 5. The number of nitrogens with one attached hydrogen (secondary N) is 1. The molecule has 0 spiro atoms. The Balaban J connectivity index is 1.49. The second-order valence-corrected chi connectivity index (χ2v) is 7.06. The van der Waals surface area contributed by atoms with Gasteiger partial charge < -0.3 is 10.4 Å². The second kappa shape index (κ2) is 7.00. The lowest BCUT2D eigenvalue weighted by Crippen LogP contribution is -2.01. The molecule has 0 saturated heterocycles. The van der Waals surface area contributed by atoms with Crippen molar-refractivity contribution in [2.24, 2.45) is 0 Å². The van der Waals surface area contributed by atoms with Gasteiger partial charge in [-0.25, -0.2) is 14.3 Å². The van der Waals surface area contributed by atoms with Crippen LogP contribution >= 0.6 is 0 Å². The molecule has 0 aliphatic carbocycles. The molecule has 0 atom stereocenters. The van der Waals surface area contributed by atoms with Gasteiger partial charge in [-0.3, -0.25) is 4.68 Å². The number of nitrogens with zero attached hydrogens (tertiary/aromatic N) is 5. The molecule has 0 aliphatic rings. The summed E-state index contributed by atoms with van der Waals surface area (Å²) >= 11 is 0. The third kappa shape index (κ3) is 3.04. The van der Waals surface area contributed by atoms with E-state index in [2.05, 4.69) is 32.6 Å². The highest BCUT2D eigenvalue weighted by atomic mass is 16.4. The van der Waals surface area contributed by atoms with Gasteiger partial charge in [-0.05, 0) is 36.2 Å². The first-order chi connectivity index (χ1) is 14.6. The van der Waals surface area contributed by atoms with E-state index in [0.29, 0.717) is 23.4 Å². The van der Waals surface area contributed by atoms with Gasteiger partial charge in [0, 0.05) is 17.3 Å². The minimum absolute atomic E-state index is 0.205. The summed E-state index contributed by atoms with van der Waals surface area (Å²) in [7, 11) is 0. The maximum atomic E-state index is 11.4. The molecular formula is C22H18N6O2. The Hall–Kier alpha value is -4.20. The van der Waals surface area contributed by atoms with E-state index in [1.54, 1.807) is 6.92 Å². The van der Waals surface area contributed by atoms with Crippen LogP contribution in [-0.2, 0) is 6.54 Å². The Labute approximate surface area is 171 Å². The van der Waals surface area contributed by atoms with Gasteiger partial charge >= 0.3 is 5.97 Å². The molecule has 8 heteroatoms. The average Bonchev–Trinajstić information content (AvgIpc) is 3.30. The highest BCUT2D eigenvalue weighted by Crippen LogP contribution is 2.27. The smallest absolute Gasteiger partial charge is 0.337 e. The molecule has 5 aromatic rings. The summed E-state index contributed by atoms with van der Waals surface area (Å²) in [6.07, 6.45) is 4.73. The number of aromatic carboxylic acids is 1. The summed E-state index contributed by atoms with van der Waals surface area (Å²) in [5.74, 6) is -0.442. The number of carboxylic acids is 1. The number of hydrogen-bond donors (Lipinski definition) is 2. The van der Waals surface area contributed by atoms with Gasteiger partial charge in [-0.15, -0.1) is 0 Å². The summed E-state index contributed by atoms with van der Waals surface area (Å²) in [4.78, 5) is 15.8. The first kappa shape index (κ1) is 17.9. The Morgan fingerprint density at radius 3 is 2.77 bits per heavy atom. The Morgan fingerprint density at radius 2 is 1.97 bits per heavy atom. The molecule has 0 aliphatic heterocycles. The van der Waals surface area contributed by atoms with Gasteiger partial charge in [0.1, 0.15) is 11.8 Å². The molecule has 0 saturated carbocycles. The SMILES string of the molecule is Cc1c(C(=O)O)cn2ncnc(Nc3ccc4c(cnn4Cc4ccccc4)c3)c12. The number of benzene rings is 2. The Kier molecular flexibility index (Phi) is 4.17. The highest BCUT2D eigenvalue weighted by molar-refractivity contribution is 5.94. The number of aryl methyl sites for hydroxylation is 1. The topological polar surface area (TPSA) is 97.3 Å². The zero-order chi connectivity index (χ0) is 20.7. The zero-order valence-electron chi connectivity index (χ0n) is 16.1. The molecule has 5 rings (SSSR count). The van der Waals surface area contributed by atoms with E-state index in [0.717, 1.165) is 16.6 Å². The quantitative estimate of drug-likeness (QED) is 0.466. The zero-order valence-corrected chi connectivity index (χ0v) is 16.1. The van der Waals surface area contributed by atoms with Crippen molar-refractivity contribution in [1.82, 2.24) is 24.4 Å². The second-order valence-electron chi connectivity index (χ2n) is 7.06. The summed E-state index contributed by atoms with van der Waals surface area (Å²) in [5, 5.41) is 22.3. The lowest BCUT2D eigenvalue weighted by molar-refractivity contribution is 0.0696. The molecule has 3 aromatic heterocycles. The van der Waals surface area contributed by atoms with Crippen LogP contribution in [0.5, 0.6) is 0 Å². The van der Waals surface area contributed by atoms with Crippen molar-refractivity contribution >= 4 is 33.9 Å². The molecule has 148 valence electrons. The van der Waals surface area contributed by atoms with Crippen molar-refractivity contribution in [3.63, 3.8) is 0 Å². The summed E-state index contributed by atoms with van der Waals surface area (Å²) in [5.41, 5.74) is 4.50. The predicted octanol–water partition coefficient (Wildman–Crippen LogP) is 3.88. The van der Waals surface area contributed by atoms with E-state index in [1.807, 2.05) is 47.3 Å². The maximum absolute atomic E-state index is 11.4. The maximum Gasteiger partial charge on any atom is 0.337 e. The third-order valence-electron chi connectivity index (χ3n) is 5.14. The van der Waals surface area contributed by atoms with E-state index < -0.39 is 5.97 Å². The number of fused-ring (bicyclic) bond motifs is 2. The van der Waals surface area contributed by atoms with Crippen LogP contribution in [0.25, 0.3) is 16.4 Å². The summed E-state index contributed by atoms with van der Waals surface area (Å²) in [6, 6.07) is 16.2. The van der Waals surface area contributed by atoms with Crippen LogP contribution < -0.4 is 5.32 Å². The van der Waals surface area contributed by atoms with Crippen LogP contribution in [0.1, 0.15) is 21.5 Å². The predicted molar refractivity (Wildman–Crippen MR) is 113 cm³/mol. The minimum atomic E-state index is -0.990. The fourth-order valence-corrected chi connectivity index (χ4v) is 3.65. The Morgan fingerprint density at radius 1 is 1.13 bits per heavy atom. The summed E-state index contributed by atoms with van der Waals surface area (Å²) in [6.45, 7) is 2.45. The van der Waals surface area contributed by atoms with E-state index in [9.17, 15) is 9.90 Å². The standard InChI is InChI=1S/C22H18N6O2/c1-14-18(22(29)30)12-28-20(14)21(23-13-25-28)26-17-7-8-19-16(9-17)10-24-27(19)11-15-5-3-2-4-6-15/h2-10,12-13H,11H2,1H3,(H,29,30)(H,23,25,26).